The molecule has 0 fully saturated rings. The molecule has 0 bridgehead atoms. The molecule has 0 aliphatic rings. The third kappa shape index (κ3) is 3.07. The smallest absolute Gasteiger partial charge is 0.242 e. The molecule has 1 atom stereocenters. The first-order valence-electron chi connectivity index (χ1n) is 5.48. The van der Waals surface area contributed by atoms with E-state index < -0.39 is 16.1 Å². The van der Waals surface area contributed by atoms with Gasteiger partial charge in [0.1, 0.15) is 9.90 Å². The normalized spacial score (nSPS) is 13.3. The summed E-state index contributed by atoms with van der Waals surface area (Å²) in [7, 11) is -3.81. The minimum atomic E-state index is -3.81. The molecule has 1 heterocycles. The minimum absolute atomic E-state index is 0.0399. The summed E-state index contributed by atoms with van der Waals surface area (Å²) < 4.78 is 27.1. The van der Waals surface area contributed by atoms with Crippen LogP contribution in [0.25, 0.3) is 0 Å². The highest BCUT2D eigenvalue weighted by Crippen LogP contribution is 2.33. The first-order valence-corrected chi connectivity index (χ1v) is 8.60. The van der Waals surface area contributed by atoms with Gasteiger partial charge in [0, 0.05) is 11.6 Å². The number of benzene rings is 1. The third-order valence-corrected chi connectivity index (χ3v) is 5.92. The van der Waals surface area contributed by atoms with Gasteiger partial charge in [-0.25, -0.2) is 18.1 Å². The Labute approximate surface area is 130 Å². The van der Waals surface area contributed by atoms with Gasteiger partial charge >= 0.3 is 0 Å². The van der Waals surface area contributed by atoms with E-state index in [1.807, 2.05) is 0 Å². The maximum absolute atomic E-state index is 12.3. The number of nitrogens with two attached hydrogens (primary N) is 1. The van der Waals surface area contributed by atoms with Crippen LogP contribution in [0.2, 0.25) is 10.0 Å². The topological polar surface area (TPSA) is 85.1 Å². The first-order chi connectivity index (χ1) is 9.33. The Morgan fingerprint density at radius 1 is 1.40 bits per heavy atom. The van der Waals surface area contributed by atoms with Crippen LogP contribution < -0.4 is 10.5 Å². The molecule has 0 radical (unpaired) electrons. The van der Waals surface area contributed by atoms with Crippen LogP contribution in [0.4, 0.5) is 5.69 Å². The van der Waals surface area contributed by atoms with Crippen LogP contribution in [0.15, 0.2) is 28.6 Å². The molecule has 20 heavy (non-hydrogen) atoms. The number of nitrogens with zero attached hydrogens (tertiary/aromatic N) is 1. The van der Waals surface area contributed by atoms with Gasteiger partial charge in [-0.2, -0.15) is 0 Å². The number of anilines is 1. The van der Waals surface area contributed by atoms with E-state index in [1.165, 1.54) is 23.5 Å². The standard InChI is InChI=1S/C11H11Cl2N3O2S2/c1-6(11-15-4-5-19-11)16-20(17,18)8-3-2-7(12)10(14)9(8)13/h2-6,16H,14H2,1H3. The highest BCUT2D eigenvalue weighted by atomic mass is 35.5. The van der Waals surface area contributed by atoms with Gasteiger partial charge in [0.05, 0.1) is 21.8 Å². The molecule has 0 amide bonds. The first kappa shape index (κ1) is 15.5. The van der Waals surface area contributed by atoms with E-state index in [1.54, 1.807) is 18.5 Å². The van der Waals surface area contributed by atoms with Gasteiger partial charge < -0.3 is 5.73 Å². The summed E-state index contributed by atoms with van der Waals surface area (Å²) in [4.78, 5) is 3.95. The second-order valence-corrected chi connectivity index (χ2v) is 7.38. The summed E-state index contributed by atoms with van der Waals surface area (Å²) >= 11 is 13.1. The van der Waals surface area contributed by atoms with Crippen LogP contribution in [-0.4, -0.2) is 13.4 Å². The largest absolute Gasteiger partial charge is 0.396 e. The quantitative estimate of drug-likeness (QED) is 0.828. The van der Waals surface area contributed by atoms with Crippen molar-refractivity contribution in [3.8, 4) is 0 Å². The van der Waals surface area contributed by atoms with Crippen molar-refractivity contribution in [3.63, 3.8) is 0 Å². The molecule has 2 rings (SSSR count). The lowest BCUT2D eigenvalue weighted by Crippen LogP contribution is -2.27. The molecule has 1 unspecified atom stereocenters. The van der Waals surface area contributed by atoms with Crippen molar-refractivity contribution in [2.24, 2.45) is 0 Å². The molecular weight excluding hydrogens is 341 g/mol. The van der Waals surface area contributed by atoms with Crippen molar-refractivity contribution < 1.29 is 8.42 Å². The van der Waals surface area contributed by atoms with E-state index in [2.05, 4.69) is 9.71 Å². The molecule has 3 N–H and O–H groups in total. The predicted molar refractivity (Wildman–Crippen MR) is 81.7 cm³/mol. The zero-order valence-electron chi connectivity index (χ0n) is 10.3. The summed E-state index contributed by atoms with van der Waals surface area (Å²) in [5, 5.41) is 2.55. The highest BCUT2D eigenvalue weighted by Gasteiger charge is 2.24. The van der Waals surface area contributed by atoms with Crippen LogP contribution in [0.5, 0.6) is 0 Å². The maximum Gasteiger partial charge on any atom is 0.242 e. The number of halogens is 2. The lowest BCUT2D eigenvalue weighted by Gasteiger charge is -2.14. The van der Waals surface area contributed by atoms with Crippen LogP contribution in [0, 0.1) is 0 Å². The van der Waals surface area contributed by atoms with Gasteiger partial charge in [-0.1, -0.05) is 23.2 Å². The fraction of sp³-hybridized carbons (Fsp3) is 0.182. The summed E-state index contributed by atoms with van der Waals surface area (Å²) in [5.41, 5.74) is 5.68. The van der Waals surface area contributed by atoms with Gasteiger partial charge in [0.25, 0.3) is 0 Å². The number of sulfonamides is 1. The van der Waals surface area contributed by atoms with Gasteiger partial charge in [0.15, 0.2) is 0 Å². The van der Waals surface area contributed by atoms with Gasteiger partial charge in [0.2, 0.25) is 10.0 Å². The average Bonchev–Trinajstić information content (AvgIpc) is 2.89. The molecule has 0 spiro atoms. The number of nitrogens with one attached hydrogen (secondary N) is 1. The van der Waals surface area contributed by atoms with Crippen molar-refractivity contribution in [1.82, 2.24) is 9.71 Å². The lowest BCUT2D eigenvalue weighted by atomic mass is 10.3. The minimum Gasteiger partial charge on any atom is -0.396 e. The molecule has 5 nitrogen and oxygen atoms in total. The lowest BCUT2D eigenvalue weighted by molar-refractivity contribution is 0.566. The maximum atomic E-state index is 12.3. The number of thiazole rings is 1. The highest BCUT2D eigenvalue weighted by molar-refractivity contribution is 7.89. The zero-order valence-corrected chi connectivity index (χ0v) is 13.4. The number of hydrogen-bond acceptors (Lipinski definition) is 5. The van der Waals surface area contributed by atoms with Gasteiger partial charge in [-0.3, -0.25) is 0 Å². The molecule has 0 saturated heterocycles. The van der Waals surface area contributed by atoms with Crippen molar-refractivity contribution in [2.75, 3.05) is 5.73 Å². The third-order valence-electron chi connectivity index (χ3n) is 2.53. The number of hydrogen-bond donors (Lipinski definition) is 2. The van der Waals surface area contributed by atoms with Gasteiger partial charge in [-0.15, -0.1) is 11.3 Å². The van der Waals surface area contributed by atoms with Crippen molar-refractivity contribution in [2.45, 2.75) is 17.9 Å². The molecule has 2 aromatic rings. The Bertz CT molecular complexity index is 718. The number of nitrogen functional groups attached to an aromatic ring is 1. The SMILES string of the molecule is CC(NS(=O)(=O)c1ccc(Cl)c(N)c1Cl)c1nccs1. The summed E-state index contributed by atoms with van der Waals surface area (Å²) in [6.07, 6.45) is 1.61. The van der Waals surface area contributed by atoms with Crippen LogP contribution >= 0.6 is 34.5 Å². The Morgan fingerprint density at radius 3 is 2.70 bits per heavy atom. The molecule has 108 valence electrons. The van der Waals surface area contributed by atoms with Crippen molar-refractivity contribution in [1.29, 1.82) is 0 Å². The van der Waals surface area contributed by atoms with Crippen molar-refractivity contribution >= 4 is 50.2 Å². The number of rotatable bonds is 4. The predicted octanol–water partition coefficient (Wildman–Crippen LogP) is 3.07. The van der Waals surface area contributed by atoms with E-state index in [4.69, 9.17) is 28.9 Å². The van der Waals surface area contributed by atoms with Gasteiger partial charge in [-0.05, 0) is 19.1 Å². The summed E-state index contributed by atoms with van der Waals surface area (Å²) in [6.45, 7) is 1.70. The Hall–Kier alpha value is -0.860. The van der Waals surface area contributed by atoms with E-state index >= 15 is 0 Å². The van der Waals surface area contributed by atoms with Crippen LogP contribution in [0.3, 0.4) is 0 Å². The fourth-order valence-corrected chi connectivity index (χ4v) is 4.24. The molecule has 0 aliphatic carbocycles. The van der Waals surface area contributed by atoms with Crippen molar-refractivity contribution in [3.05, 3.63) is 38.8 Å². The molecule has 9 heteroatoms. The molecule has 1 aromatic heterocycles. The monoisotopic (exact) mass is 351 g/mol. The van der Waals surface area contributed by atoms with E-state index in [9.17, 15) is 8.42 Å². The fourth-order valence-electron chi connectivity index (χ4n) is 1.55. The Kier molecular flexibility index (Phi) is 4.55. The summed E-state index contributed by atoms with van der Waals surface area (Å²) in [6, 6.07) is 2.25. The molecule has 1 aromatic carbocycles. The summed E-state index contributed by atoms with van der Waals surface area (Å²) in [5.74, 6) is 0. The molecule has 0 aliphatic heterocycles. The van der Waals surface area contributed by atoms with Crippen LogP contribution in [-0.2, 0) is 10.0 Å². The Morgan fingerprint density at radius 2 is 2.10 bits per heavy atom. The molecular formula is C11H11Cl2N3O2S2. The zero-order chi connectivity index (χ0) is 14.9. The molecule has 0 saturated carbocycles. The van der Waals surface area contributed by atoms with Crippen LogP contribution in [0.1, 0.15) is 18.0 Å². The average molecular weight is 352 g/mol. The number of aromatic nitrogens is 1. The van der Waals surface area contributed by atoms with E-state index in [0.717, 1.165) is 0 Å². The second-order valence-electron chi connectivity index (χ2n) is 3.99. The van der Waals surface area contributed by atoms with E-state index in [-0.39, 0.29) is 20.6 Å². The second kappa shape index (κ2) is 5.87. The Balaban J connectivity index is 2.34. The van der Waals surface area contributed by atoms with E-state index in [0.29, 0.717) is 5.01 Å².